The Labute approximate surface area is 94.8 Å². The number of aromatic amines is 1. The lowest BCUT2D eigenvalue weighted by atomic mass is 10.2. The number of nitrogens with zero attached hydrogens (tertiary/aromatic N) is 2. The molecule has 7 heteroatoms. The van der Waals surface area contributed by atoms with E-state index in [9.17, 15) is 13.6 Å². The van der Waals surface area contributed by atoms with Crippen molar-refractivity contribution in [2.45, 2.75) is 20.0 Å². The van der Waals surface area contributed by atoms with Crippen LogP contribution in [-0.2, 0) is 15.6 Å². The van der Waals surface area contributed by atoms with Gasteiger partial charge in [0.1, 0.15) is 11.0 Å². The van der Waals surface area contributed by atoms with Crippen molar-refractivity contribution in [3.05, 3.63) is 23.5 Å². The first-order valence-corrected chi connectivity index (χ1v) is 4.79. The highest BCUT2D eigenvalue weighted by Crippen LogP contribution is 2.30. The van der Waals surface area contributed by atoms with Gasteiger partial charge in [-0.3, -0.25) is 14.9 Å². The molecule has 0 atom stereocenters. The minimum atomic E-state index is -3.69. The molecule has 2 aromatic rings. The van der Waals surface area contributed by atoms with Crippen molar-refractivity contribution in [2.24, 2.45) is 0 Å². The molecular formula is C10H9F2N3O2. The zero-order valence-corrected chi connectivity index (χ0v) is 9.12. The highest BCUT2D eigenvalue weighted by molar-refractivity contribution is 5.77. The number of carbonyl (C=O) groups is 1. The van der Waals surface area contributed by atoms with E-state index >= 15 is 0 Å². The van der Waals surface area contributed by atoms with Crippen molar-refractivity contribution < 1.29 is 18.3 Å². The number of H-pyrrole nitrogens is 1. The Morgan fingerprint density at radius 3 is 2.88 bits per heavy atom. The van der Waals surface area contributed by atoms with Crippen LogP contribution in [-0.4, -0.2) is 21.2 Å². The molecule has 1 N–H and O–H groups in total. The molecule has 2 aromatic heterocycles. The van der Waals surface area contributed by atoms with Crippen molar-refractivity contribution in [2.75, 3.05) is 0 Å². The summed E-state index contributed by atoms with van der Waals surface area (Å²) in [6.45, 7) is 2.64. The Bertz CT molecular complexity index is 580. The summed E-state index contributed by atoms with van der Waals surface area (Å²) in [5.41, 5.74) is 0.980. The van der Waals surface area contributed by atoms with E-state index in [-0.39, 0.29) is 0 Å². The minimum absolute atomic E-state index is 0.298. The molecule has 0 aliphatic carbocycles. The smallest absolute Gasteiger partial charge is 0.397 e. The third-order valence-electron chi connectivity index (χ3n) is 2.17. The van der Waals surface area contributed by atoms with Gasteiger partial charge in [0.05, 0.1) is 11.3 Å². The lowest BCUT2D eigenvalue weighted by Crippen LogP contribution is -2.21. The van der Waals surface area contributed by atoms with Gasteiger partial charge >= 0.3 is 12.1 Å². The van der Waals surface area contributed by atoms with Gasteiger partial charge in [0.2, 0.25) is 0 Å². The van der Waals surface area contributed by atoms with Gasteiger partial charge in [-0.15, -0.1) is 0 Å². The number of nitrogens with one attached hydrogen (secondary N) is 1. The molecule has 0 saturated carbocycles. The maximum atomic E-state index is 13.4. The molecule has 2 heterocycles. The van der Waals surface area contributed by atoms with E-state index in [1.807, 2.05) is 0 Å². The number of rotatable bonds is 2. The van der Waals surface area contributed by atoms with Gasteiger partial charge in [0.25, 0.3) is 0 Å². The fourth-order valence-electron chi connectivity index (χ4n) is 1.42. The maximum Gasteiger partial charge on any atom is 0.430 e. The zero-order valence-electron chi connectivity index (χ0n) is 9.12. The lowest BCUT2D eigenvalue weighted by Gasteiger charge is -2.14. The Balaban J connectivity index is 2.45. The minimum Gasteiger partial charge on any atom is -0.397 e. The van der Waals surface area contributed by atoms with E-state index in [2.05, 4.69) is 19.9 Å². The SMILES string of the molecule is CC(=O)OC(F)(F)c1cnc2c(C)[nH]nc2c1. The van der Waals surface area contributed by atoms with Crippen molar-refractivity contribution in [1.29, 1.82) is 0 Å². The van der Waals surface area contributed by atoms with Crippen LogP contribution in [0.4, 0.5) is 8.78 Å². The van der Waals surface area contributed by atoms with E-state index in [0.717, 1.165) is 19.2 Å². The van der Waals surface area contributed by atoms with Crippen LogP contribution in [0.15, 0.2) is 12.3 Å². The lowest BCUT2D eigenvalue weighted by molar-refractivity contribution is -0.238. The number of alkyl halides is 2. The summed E-state index contributed by atoms with van der Waals surface area (Å²) in [6.07, 6.45) is -2.73. The summed E-state index contributed by atoms with van der Waals surface area (Å²) in [7, 11) is 0. The van der Waals surface area contributed by atoms with Crippen LogP contribution in [0.5, 0.6) is 0 Å². The van der Waals surface area contributed by atoms with Crippen LogP contribution < -0.4 is 0 Å². The summed E-state index contributed by atoms with van der Waals surface area (Å²) in [5, 5.41) is 6.44. The topological polar surface area (TPSA) is 67.9 Å². The summed E-state index contributed by atoms with van der Waals surface area (Å²) in [6, 6.07) is 1.13. The van der Waals surface area contributed by atoms with Gasteiger partial charge in [0, 0.05) is 13.1 Å². The van der Waals surface area contributed by atoms with Gasteiger partial charge in [-0.1, -0.05) is 0 Å². The highest BCUT2D eigenvalue weighted by Gasteiger charge is 2.36. The zero-order chi connectivity index (χ0) is 12.6. The number of hydrogen-bond donors (Lipinski definition) is 1. The van der Waals surface area contributed by atoms with E-state index in [1.165, 1.54) is 0 Å². The molecule has 0 bridgehead atoms. The second-order valence-electron chi connectivity index (χ2n) is 3.55. The van der Waals surface area contributed by atoms with Crippen LogP contribution in [0, 0.1) is 6.92 Å². The first-order chi connectivity index (χ1) is 7.90. The fourth-order valence-corrected chi connectivity index (χ4v) is 1.42. The van der Waals surface area contributed by atoms with Crippen LogP contribution in [0.2, 0.25) is 0 Å². The average Bonchev–Trinajstić information content (AvgIpc) is 2.58. The summed E-state index contributed by atoms with van der Waals surface area (Å²) in [4.78, 5) is 14.4. The first kappa shape index (κ1) is 11.4. The van der Waals surface area contributed by atoms with Gasteiger partial charge in [-0.05, 0) is 13.0 Å². The summed E-state index contributed by atoms with van der Waals surface area (Å²) < 4.78 is 30.8. The predicted octanol–water partition coefficient (Wildman–Crippen LogP) is 1.88. The predicted molar refractivity (Wildman–Crippen MR) is 54.3 cm³/mol. The van der Waals surface area contributed by atoms with E-state index in [4.69, 9.17) is 0 Å². The van der Waals surface area contributed by atoms with Crippen LogP contribution in [0.1, 0.15) is 18.2 Å². The number of aromatic nitrogens is 3. The summed E-state index contributed by atoms with van der Waals surface area (Å²) >= 11 is 0. The first-order valence-electron chi connectivity index (χ1n) is 4.79. The molecule has 0 radical (unpaired) electrons. The molecule has 0 spiro atoms. The van der Waals surface area contributed by atoms with Gasteiger partial charge < -0.3 is 4.74 Å². The third-order valence-corrected chi connectivity index (χ3v) is 2.17. The van der Waals surface area contributed by atoms with Gasteiger partial charge in [-0.2, -0.15) is 13.9 Å². The fraction of sp³-hybridized carbons (Fsp3) is 0.300. The number of pyridine rings is 1. The molecule has 0 saturated heterocycles. The summed E-state index contributed by atoms with van der Waals surface area (Å²) in [5.74, 6) is -1.06. The average molecular weight is 241 g/mol. The van der Waals surface area contributed by atoms with Gasteiger partial charge in [0.15, 0.2) is 0 Å². The second-order valence-corrected chi connectivity index (χ2v) is 3.55. The molecule has 5 nitrogen and oxygen atoms in total. The van der Waals surface area contributed by atoms with Crippen molar-refractivity contribution in [3.8, 4) is 0 Å². The Morgan fingerprint density at radius 2 is 2.24 bits per heavy atom. The number of ether oxygens (including phenoxy) is 1. The molecule has 17 heavy (non-hydrogen) atoms. The van der Waals surface area contributed by atoms with E-state index in [0.29, 0.717) is 16.7 Å². The van der Waals surface area contributed by atoms with Crippen LogP contribution in [0.25, 0.3) is 11.0 Å². The number of esters is 1. The monoisotopic (exact) mass is 241 g/mol. The molecule has 0 aliphatic heterocycles. The number of halogens is 2. The molecule has 90 valence electrons. The molecule has 2 rings (SSSR count). The normalized spacial score (nSPS) is 11.8. The van der Waals surface area contributed by atoms with Crippen LogP contribution >= 0.6 is 0 Å². The number of fused-ring (bicyclic) bond motifs is 1. The van der Waals surface area contributed by atoms with Gasteiger partial charge in [-0.25, -0.2) is 0 Å². The van der Waals surface area contributed by atoms with E-state index < -0.39 is 17.6 Å². The standard InChI is InChI=1S/C10H9F2N3O2/c1-5-9-8(15-14-5)3-7(4-13-9)10(11,12)17-6(2)16/h3-4H,1-2H3,(H,14,15). The molecule has 0 amide bonds. The quantitative estimate of drug-likeness (QED) is 0.815. The Kier molecular flexibility index (Phi) is 2.53. The van der Waals surface area contributed by atoms with Crippen molar-refractivity contribution in [3.63, 3.8) is 0 Å². The van der Waals surface area contributed by atoms with Crippen molar-refractivity contribution >= 4 is 17.0 Å². The maximum absolute atomic E-state index is 13.4. The Morgan fingerprint density at radius 1 is 1.53 bits per heavy atom. The molecule has 0 unspecified atom stereocenters. The van der Waals surface area contributed by atoms with Crippen LogP contribution in [0.3, 0.4) is 0 Å². The molecule has 0 aliphatic rings. The number of carbonyl (C=O) groups excluding carboxylic acids is 1. The second kappa shape index (κ2) is 3.76. The molecule has 0 fully saturated rings. The van der Waals surface area contributed by atoms with Crippen molar-refractivity contribution in [1.82, 2.24) is 15.2 Å². The third kappa shape index (κ3) is 2.08. The Hall–Kier alpha value is -2.05. The number of hydrogen-bond acceptors (Lipinski definition) is 4. The number of aryl methyl sites for hydroxylation is 1. The highest BCUT2D eigenvalue weighted by atomic mass is 19.3. The largest absolute Gasteiger partial charge is 0.430 e. The molecule has 0 aromatic carbocycles. The van der Waals surface area contributed by atoms with E-state index in [1.54, 1.807) is 6.92 Å². The molecular weight excluding hydrogens is 232 g/mol.